The molecule has 0 aromatic heterocycles. The van der Waals surface area contributed by atoms with Gasteiger partial charge in [-0.1, -0.05) is 25.9 Å². The highest BCUT2D eigenvalue weighted by Gasteiger charge is 2.15. The van der Waals surface area contributed by atoms with Crippen molar-refractivity contribution in [2.24, 2.45) is 22.7 Å². The number of hydrogen-bond donors (Lipinski definition) is 3. The van der Waals surface area contributed by atoms with E-state index in [1.54, 1.807) is 7.11 Å². The third kappa shape index (κ3) is 5.59. The van der Waals surface area contributed by atoms with Crippen molar-refractivity contribution in [1.29, 1.82) is 0 Å². The Balaban J connectivity index is 3.99. The summed E-state index contributed by atoms with van der Waals surface area (Å²) in [7, 11) is 1.68. The highest BCUT2D eigenvalue weighted by atomic mass is 16.5. The van der Waals surface area contributed by atoms with E-state index in [1.165, 1.54) is 0 Å². The van der Waals surface area contributed by atoms with Crippen LogP contribution in [0.1, 0.15) is 20.8 Å². The van der Waals surface area contributed by atoms with Crippen LogP contribution in [0.4, 0.5) is 0 Å². The van der Waals surface area contributed by atoms with Gasteiger partial charge in [0.2, 0.25) is 0 Å². The predicted octanol–water partition coefficient (Wildman–Crippen LogP) is 0.630. The van der Waals surface area contributed by atoms with Crippen LogP contribution in [0, 0.1) is 11.8 Å². The van der Waals surface area contributed by atoms with Gasteiger partial charge in [0.05, 0.1) is 6.61 Å². The zero-order valence-corrected chi connectivity index (χ0v) is 10.0. The number of amidine groups is 1. The lowest BCUT2D eigenvalue weighted by molar-refractivity contribution is 0.146. The first-order valence-electron chi connectivity index (χ1n) is 5.22. The van der Waals surface area contributed by atoms with Crippen LogP contribution in [0.15, 0.2) is 5.16 Å². The van der Waals surface area contributed by atoms with E-state index in [2.05, 4.69) is 24.3 Å². The van der Waals surface area contributed by atoms with Crippen molar-refractivity contribution < 1.29 is 9.94 Å². The van der Waals surface area contributed by atoms with Crippen molar-refractivity contribution in [3.8, 4) is 0 Å². The first-order chi connectivity index (χ1) is 7.02. The number of methoxy groups -OCH3 is 1. The molecule has 0 aliphatic rings. The van der Waals surface area contributed by atoms with Crippen LogP contribution in [0.3, 0.4) is 0 Å². The molecule has 0 heterocycles. The molecule has 15 heavy (non-hydrogen) atoms. The number of hydrogen-bond acceptors (Lipinski definition) is 4. The number of ether oxygens (including phenoxy) is 1. The summed E-state index contributed by atoms with van der Waals surface area (Å²) in [6.45, 7) is 7.52. The summed E-state index contributed by atoms with van der Waals surface area (Å²) >= 11 is 0. The molecular formula is C10H23N3O2. The van der Waals surface area contributed by atoms with Crippen molar-refractivity contribution in [3.05, 3.63) is 0 Å². The minimum Gasteiger partial charge on any atom is -0.409 e. The molecule has 0 fully saturated rings. The Labute approximate surface area is 91.7 Å². The van der Waals surface area contributed by atoms with E-state index in [4.69, 9.17) is 15.7 Å². The lowest BCUT2D eigenvalue weighted by Crippen LogP contribution is -2.42. The Hall–Kier alpha value is -0.810. The molecule has 0 saturated heterocycles. The molecule has 0 aliphatic carbocycles. The number of nitrogens with one attached hydrogen (secondary N) is 1. The van der Waals surface area contributed by atoms with Crippen LogP contribution < -0.4 is 11.1 Å². The van der Waals surface area contributed by atoms with E-state index in [1.807, 2.05) is 6.92 Å². The van der Waals surface area contributed by atoms with Gasteiger partial charge in [0.15, 0.2) is 0 Å². The second-order valence-corrected chi connectivity index (χ2v) is 4.14. The van der Waals surface area contributed by atoms with E-state index in [0.717, 1.165) is 0 Å². The van der Waals surface area contributed by atoms with Gasteiger partial charge < -0.3 is 21.0 Å². The van der Waals surface area contributed by atoms with E-state index in [9.17, 15) is 0 Å². The highest BCUT2D eigenvalue weighted by molar-refractivity contribution is 5.82. The maximum absolute atomic E-state index is 8.49. The third-order valence-corrected chi connectivity index (χ3v) is 2.46. The Bertz CT molecular complexity index is 195. The van der Waals surface area contributed by atoms with Gasteiger partial charge in [-0.05, 0) is 5.92 Å². The van der Waals surface area contributed by atoms with Gasteiger partial charge in [-0.25, -0.2) is 0 Å². The maximum atomic E-state index is 8.49. The van der Waals surface area contributed by atoms with Gasteiger partial charge >= 0.3 is 0 Å². The van der Waals surface area contributed by atoms with Crippen molar-refractivity contribution in [1.82, 2.24) is 5.32 Å². The molecule has 0 radical (unpaired) electrons. The summed E-state index contributed by atoms with van der Waals surface area (Å²) in [5.41, 5.74) is 5.48. The second kappa shape index (κ2) is 7.48. The summed E-state index contributed by atoms with van der Waals surface area (Å²) in [6.07, 6.45) is 0. The molecule has 0 amide bonds. The number of nitrogens with two attached hydrogens (primary N) is 1. The van der Waals surface area contributed by atoms with Crippen LogP contribution in [0.25, 0.3) is 0 Å². The number of rotatable bonds is 7. The summed E-state index contributed by atoms with van der Waals surface area (Å²) in [6, 6.07) is 0.295. The van der Waals surface area contributed by atoms with Gasteiger partial charge in [0.1, 0.15) is 5.84 Å². The molecule has 0 saturated carbocycles. The zero-order valence-electron chi connectivity index (χ0n) is 10.0. The van der Waals surface area contributed by atoms with Gasteiger partial charge in [-0.3, -0.25) is 0 Å². The minimum absolute atomic E-state index is 0.0214. The lowest BCUT2D eigenvalue weighted by atomic mass is 10.0. The molecule has 4 N–H and O–H groups in total. The smallest absolute Gasteiger partial charge is 0.143 e. The Morgan fingerprint density at radius 1 is 1.47 bits per heavy atom. The third-order valence-electron chi connectivity index (χ3n) is 2.46. The molecule has 0 aromatic carbocycles. The quantitative estimate of drug-likeness (QED) is 0.253. The summed E-state index contributed by atoms with van der Waals surface area (Å²) < 4.78 is 5.11. The van der Waals surface area contributed by atoms with Crippen molar-refractivity contribution in [2.45, 2.75) is 26.8 Å². The number of oxime groups is 1. The van der Waals surface area contributed by atoms with Gasteiger partial charge in [0.25, 0.3) is 0 Å². The Kier molecular flexibility index (Phi) is 7.07. The number of nitrogens with zero attached hydrogens (tertiary/aromatic N) is 1. The fourth-order valence-electron chi connectivity index (χ4n) is 1.20. The summed E-state index contributed by atoms with van der Waals surface area (Å²) in [5.74, 6) is 0.764. The Morgan fingerprint density at radius 3 is 2.47 bits per heavy atom. The van der Waals surface area contributed by atoms with Crippen LogP contribution in [0.5, 0.6) is 0 Å². The van der Waals surface area contributed by atoms with Crippen molar-refractivity contribution in [2.75, 3.05) is 20.3 Å². The SMILES string of the molecule is COCC(NCC(C)C(N)=NO)C(C)C. The van der Waals surface area contributed by atoms with Crippen LogP contribution >= 0.6 is 0 Å². The minimum atomic E-state index is 0.0214. The molecule has 0 spiro atoms. The topological polar surface area (TPSA) is 79.9 Å². The molecule has 5 nitrogen and oxygen atoms in total. The van der Waals surface area contributed by atoms with E-state index in [0.29, 0.717) is 25.1 Å². The lowest BCUT2D eigenvalue weighted by Gasteiger charge is -2.23. The first kappa shape index (κ1) is 14.2. The first-order valence-corrected chi connectivity index (χ1v) is 5.22. The second-order valence-electron chi connectivity index (χ2n) is 4.14. The summed E-state index contributed by atoms with van der Waals surface area (Å²) in [5, 5.41) is 14.8. The normalized spacial score (nSPS) is 16.7. The van der Waals surface area contributed by atoms with Crippen LogP contribution in [-0.4, -0.2) is 37.3 Å². The average Bonchev–Trinajstić information content (AvgIpc) is 2.21. The van der Waals surface area contributed by atoms with Gasteiger partial charge in [0, 0.05) is 25.6 Å². The highest BCUT2D eigenvalue weighted by Crippen LogP contribution is 2.03. The van der Waals surface area contributed by atoms with Crippen molar-refractivity contribution >= 4 is 5.84 Å². The molecule has 90 valence electrons. The van der Waals surface area contributed by atoms with E-state index in [-0.39, 0.29) is 11.8 Å². The molecule has 2 unspecified atom stereocenters. The molecule has 0 rings (SSSR count). The standard InChI is InChI=1S/C10H23N3O2/c1-7(2)9(6-15-4)12-5-8(3)10(11)13-14/h7-9,12,14H,5-6H2,1-4H3,(H2,11,13). The van der Waals surface area contributed by atoms with Gasteiger partial charge in [-0.15, -0.1) is 0 Å². The maximum Gasteiger partial charge on any atom is 0.143 e. The molecule has 0 aliphatic heterocycles. The monoisotopic (exact) mass is 217 g/mol. The molecular weight excluding hydrogens is 194 g/mol. The molecule has 5 heteroatoms. The fraction of sp³-hybridized carbons (Fsp3) is 0.900. The zero-order chi connectivity index (χ0) is 11.8. The molecule has 0 bridgehead atoms. The molecule has 2 atom stereocenters. The molecule has 0 aromatic rings. The average molecular weight is 217 g/mol. The van der Waals surface area contributed by atoms with Crippen LogP contribution in [0.2, 0.25) is 0 Å². The predicted molar refractivity (Wildman–Crippen MR) is 61.1 cm³/mol. The van der Waals surface area contributed by atoms with Crippen LogP contribution in [-0.2, 0) is 4.74 Å². The fourth-order valence-corrected chi connectivity index (χ4v) is 1.20. The van der Waals surface area contributed by atoms with Gasteiger partial charge in [-0.2, -0.15) is 0 Å². The largest absolute Gasteiger partial charge is 0.409 e. The van der Waals surface area contributed by atoms with Crippen molar-refractivity contribution in [3.63, 3.8) is 0 Å². The summed E-state index contributed by atoms with van der Waals surface area (Å²) in [4.78, 5) is 0. The Morgan fingerprint density at radius 2 is 2.07 bits per heavy atom. The van der Waals surface area contributed by atoms with E-state index >= 15 is 0 Å². The van der Waals surface area contributed by atoms with E-state index < -0.39 is 0 Å².